The molecule has 0 saturated heterocycles. The molecule has 4 nitrogen and oxygen atoms in total. The lowest BCUT2D eigenvalue weighted by molar-refractivity contribution is -0.0185. The van der Waals surface area contributed by atoms with Gasteiger partial charge in [0, 0.05) is 21.7 Å². The second kappa shape index (κ2) is 5.61. The summed E-state index contributed by atoms with van der Waals surface area (Å²) in [6.45, 7) is 1.93. The summed E-state index contributed by atoms with van der Waals surface area (Å²) in [5.74, 6) is 0.853. The van der Waals surface area contributed by atoms with E-state index in [9.17, 15) is 0 Å². The van der Waals surface area contributed by atoms with Gasteiger partial charge in [0.25, 0.3) is 0 Å². The van der Waals surface area contributed by atoms with Crippen molar-refractivity contribution in [1.29, 1.82) is 0 Å². The maximum atomic E-state index is 5.88. The van der Waals surface area contributed by atoms with Gasteiger partial charge < -0.3 is 19.9 Å². The van der Waals surface area contributed by atoms with E-state index in [1.54, 1.807) is 11.3 Å². The van der Waals surface area contributed by atoms with Crippen molar-refractivity contribution in [3.63, 3.8) is 0 Å². The molecular weight excluding hydrogens is 262 g/mol. The molecule has 1 aliphatic heterocycles. The first-order chi connectivity index (χ1) is 9.33. The van der Waals surface area contributed by atoms with Gasteiger partial charge in [-0.3, -0.25) is 0 Å². The Bertz CT molecular complexity index is 554. The van der Waals surface area contributed by atoms with Gasteiger partial charge >= 0.3 is 0 Å². The zero-order valence-corrected chi connectivity index (χ0v) is 11.2. The molecule has 0 unspecified atom stereocenters. The first-order valence-corrected chi connectivity index (χ1v) is 6.93. The van der Waals surface area contributed by atoms with E-state index in [1.165, 1.54) is 4.88 Å². The summed E-state index contributed by atoms with van der Waals surface area (Å²) in [5, 5.41) is 2.04. The van der Waals surface area contributed by atoms with Crippen LogP contribution in [0.3, 0.4) is 0 Å². The van der Waals surface area contributed by atoms with E-state index in [0.29, 0.717) is 25.5 Å². The summed E-state index contributed by atoms with van der Waals surface area (Å²) < 4.78 is 16.5. The molecule has 0 aliphatic carbocycles. The fourth-order valence-corrected chi connectivity index (χ4v) is 2.73. The monoisotopic (exact) mass is 277 g/mol. The zero-order chi connectivity index (χ0) is 13.1. The molecule has 0 bridgehead atoms. The quantitative estimate of drug-likeness (QED) is 0.873. The number of anilines is 1. The minimum absolute atomic E-state index is 0.287. The summed E-state index contributed by atoms with van der Waals surface area (Å²) in [5.41, 5.74) is 8.56. The molecule has 2 N–H and O–H groups in total. The van der Waals surface area contributed by atoms with Crippen LogP contribution in [0.2, 0.25) is 0 Å². The van der Waals surface area contributed by atoms with Crippen LogP contribution in [0.5, 0.6) is 5.75 Å². The smallest absolute Gasteiger partial charge is 0.189 e. The summed E-state index contributed by atoms with van der Waals surface area (Å²) in [4.78, 5) is 1.21. The maximum Gasteiger partial charge on any atom is 0.189 e. The molecule has 1 aromatic heterocycles. The molecule has 5 heteroatoms. The van der Waals surface area contributed by atoms with E-state index in [0.717, 1.165) is 16.9 Å². The van der Waals surface area contributed by atoms with Crippen LogP contribution < -0.4 is 10.5 Å². The van der Waals surface area contributed by atoms with Gasteiger partial charge in [0.15, 0.2) is 6.79 Å². The minimum Gasteiger partial charge on any atom is -0.467 e. The normalized spacial score (nSPS) is 13.9. The lowest BCUT2D eigenvalue weighted by Gasteiger charge is -2.21. The Hall–Kier alpha value is -1.56. The fourth-order valence-electron chi connectivity index (χ4n) is 2.09. The summed E-state index contributed by atoms with van der Waals surface area (Å²) in [7, 11) is 0. The van der Waals surface area contributed by atoms with Crippen LogP contribution >= 0.6 is 11.3 Å². The molecule has 19 heavy (non-hydrogen) atoms. The van der Waals surface area contributed by atoms with Crippen LogP contribution in [0.4, 0.5) is 5.69 Å². The Kier molecular flexibility index (Phi) is 3.68. The molecule has 0 spiro atoms. The third-order valence-corrected chi connectivity index (χ3v) is 3.74. The Labute approximate surface area is 115 Å². The molecule has 2 aromatic rings. The van der Waals surface area contributed by atoms with E-state index >= 15 is 0 Å². The highest BCUT2D eigenvalue weighted by molar-refractivity contribution is 7.09. The van der Waals surface area contributed by atoms with Crippen molar-refractivity contribution in [3.05, 3.63) is 45.6 Å². The molecule has 0 radical (unpaired) electrons. The molecular formula is C14H15NO3S. The van der Waals surface area contributed by atoms with Crippen LogP contribution in [-0.2, 0) is 29.3 Å². The zero-order valence-electron chi connectivity index (χ0n) is 10.4. The molecule has 0 amide bonds. The summed E-state index contributed by atoms with van der Waals surface area (Å²) in [6.07, 6.45) is 0. The molecule has 100 valence electrons. The number of benzene rings is 1. The molecule has 0 fully saturated rings. The molecule has 1 aliphatic rings. The average Bonchev–Trinajstić information content (AvgIpc) is 2.91. The predicted octanol–water partition coefficient (Wildman–Crippen LogP) is 2.91. The molecule has 0 saturated carbocycles. The van der Waals surface area contributed by atoms with E-state index in [-0.39, 0.29) is 6.79 Å². The van der Waals surface area contributed by atoms with Gasteiger partial charge in [-0.05, 0) is 23.6 Å². The highest BCUT2D eigenvalue weighted by Crippen LogP contribution is 2.31. The van der Waals surface area contributed by atoms with Crippen molar-refractivity contribution in [2.45, 2.75) is 19.8 Å². The first-order valence-electron chi connectivity index (χ1n) is 6.05. The van der Waals surface area contributed by atoms with Crippen molar-refractivity contribution >= 4 is 17.0 Å². The number of ether oxygens (including phenoxy) is 3. The molecule has 1 aromatic carbocycles. The van der Waals surface area contributed by atoms with Gasteiger partial charge in [-0.25, -0.2) is 0 Å². The largest absolute Gasteiger partial charge is 0.467 e. The number of hydrogen-bond acceptors (Lipinski definition) is 5. The Balaban J connectivity index is 1.71. The fraction of sp³-hybridized carbons (Fsp3) is 0.286. The van der Waals surface area contributed by atoms with E-state index in [2.05, 4.69) is 6.07 Å². The van der Waals surface area contributed by atoms with E-state index in [1.807, 2.05) is 23.6 Å². The second-order valence-electron chi connectivity index (χ2n) is 4.35. The summed E-state index contributed by atoms with van der Waals surface area (Å²) in [6, 6.07) is 7.87. The second-order valence-corrected chi connectivity index (χ2v) is 5.38. The number of nitrogen functional groups attached to an aromatic ring is 1. The third kappa shape index (κ3) is 2.89. The maximum absolute atomic E-state index is 5.88. The molecule has 0 atom stereocenters. The van der Waals surface area contributed by atoms with Crippen LogP contribution in [0.25, 0.3) is 0 Å². The lowest BCUT2D eigenvalue weighted by Crippen LogP contribution is -2.14. The summed E-state index contributed by atoms with van der Waals surface area (Å²) >= 11 is 1.69. The van der Waals surface area contributed by atoms with Crippen molar-refractivity contribution in [1.82, 2.24) is 0 Å². The average molecular weight is 277 g/mol. The van der Waals surface area contributed by atoms with Crippen molar-refractivity contribution < 1.29 is 14.2 Å². The third-order valence-electron chi connectivity index (χ3n) is 2.89. The topological polar surface area (TPSA) is 53.7 Å². The van der Waals surface area contributed by atoms with Crippen LogP contribution in [0.1, 0.15) is 16.0 Å². The Morgan fingerprint density at radius 3 is 3.11 bits per heavy atom. The van der Waals surface area contributed by atoms with Crippen LogP contribution in [0.15, 0.2) is 29.6 Å². The van der Waals surface area contributed by atoms with Crippen LogP contribution in [0, 0.1) is 0 Å². The molecule has 2 heterocycles. The van der Waals surface area contributed by atoms with Crippen LogP contribution in [-0.4, -0.2) is 6.79 Å². The lowest BCUT2D eigenvalue weighted by atomic mass is 10.1. The van der Waals surface area contributed by atoms with E-state index < -0.39 is 0 Å². The predicted molar refractivity (Wildman–Crippen MR) is 74.0 cm³/mol. The number of hydrogen-bond donors (Lipinski definition) is 1. The van der Waals surface area contributed by atoms with Gasteiger partial charge in [-0.1, -0.05) is 6.07 Å². The van der Waals surface area contributed by atoms with Crippen molar-refractivity contribution in [3.8, 4) is 5.75 Å². The van der Waals surface area contributed by atoms with Gasteiger partial charge in [0.05, 0.1) is 19.8 Å². The van der Waals surface area contributed by atoms with E-state index in [4.69, 9.17) is 19.9 Å². The van der Waals surface area contributed by atoms with Crippen molar-refractivity contribution in [2.24, 2.45) is 0 Å². The van der Waals surface area contributed by atoms with Gasteiger partial charge in [-0.2, -0.15) is 0 Å². The number of rotatable bonds is 4. The highest BCUT2D eigenvalue weighted by atomic mass is 32.1. The number of nitrogens with two attached hydrogens (primary N) is 1. The highest BCUT2D eigenvalue weighted by Gasteiger charge is 2.16. The van der Waals surface area contributed by atoms with Gasteiger partial charge in [0.1, 0.15) is 5.75 Å². The number of fused-ring (bicyclic) bond motifs is 1. The van der Waals surface area contributed by atoms with Gasteiger partial charge in [-0.15, -0.1) is 11.3 Å². The van der Waals surface area contributed by atoms with Gasteiger partial charge in [0.2, 0.25) is 0 Å². The first kappa shape index (κ1) is 12.5. The number of thiophene rings is 1. The Morgan fingerprint density at radius 2 is 2.26 bits per heavy atom. The minimum atomic E-state index is 0.287. The SMILES string of the molecule is Nc1cc2c(c(COCc3cccs3)c1)OCOC2. The molecule has 3 rings (SSSR count). The Morgan fingerprint density at radius 1 is 1.32 bits per heavy atom. The van der Waals surface area contributed by atoms with Crippen molar-refractivity contribution in [2.75, 3.05) is 12.5 Å². The standard InChI is InChI=1S/C14H15NO3S/c15-12-4-10(6-16-8-13-2-1-3-19-13)14-11(5-12)7-17-9-18-14/h1-5H,6-9,15H2.